The number of hydrogen-bond donors (Lipinski definition) is 1. The average Bonchev–Trinajstić information content (AvgIpc) is 3.24. The third-order valence-electron chi connectivity index (χ3n) is 8.50. The minimum Gasteiger partial charge on any atom is -0.504 e. The summed E-state index contributed by atoms with van der Waals surface area (Å²) in [5.74, 6) is 1.20. The Morgan fingerprint density at radius 2 is 1.97 bits per heavy atom. The molecule has 5 atom stereocenters. The third kappa shape index (κ3) is 2.44. The van der Waals surface area contributed by atoms with Gasteiger partial charge in [0.1, 0.15) is 11.8 Å². The second-order valence-corrected chi connectivity index (χ2v) is 9.91. The molecule has 34 heavy (non-hydrogen) atoms. The first kappa shape index (κ1) is 21.4. The number of methoxy groups -OCH3 is 2. The Morgan fingerprint density at radius 1 is 1.21 bits per heavy atom. The highest BCUT2D eigenvalue weighted by molar-refractivity contribution is 6.27. The first-order chi connectivity index (χ1) is 16.3. The Morgan fingerprint density at radius 3 is 2.65 bits per heavy atom. The van der Waals surface area contributed by atoms with Gasteiger partial charge < -0.3 is 14.6 Å². The number of phenols is 1. The number of rotatable bonds is 2. The lowest BCUT2D eigenvalue weighted by molar-refractivity contribution is -0.114. The van der Waals surface area contributed by atoms with Crippen molar-refractivity contribution in [3.8, 4) is 17.6 Å². The average molecular weight is 461 g/mol. The van der Waals surface area contributed by atoms with Crippen LogP contribution in [0, 0.1) is 18.3 Å². The number of carbonyl (C=O) groups is 1. The second-order valence-electron chi connectivity index (χ2n) is 9.91. The van der Waals surface area contributed by atoms with E-state index in [1.54, 1.807) is 21.1 Å². The molecule has 4 heterocycles. The summed E-state index contributed by atoms with van der Waals surface area (Å²) in [6, 6.07) is 3.81. The molecule has 1 N–H and O–H groups in total. The molecule has 8 heteroatoms. The predicted molar refractivity (Wildman–Crippen MR) is 125 cm³/mol. The van der Waals surface area contributed by atoms with E-state index in [-0.39, 0.29) is 41.7 Å². The maximum absolute atomic E-state index is 13.5. The highest BCUT2D eigenvalue weighted by Gasteiger charge is 2.58. The fraction of sp³-hybridized carbons (Fsp3) is 0.500. The molecule has 0 aromatic heterocycles. The fourth-order valence-corrected chi connectivity index (χ4v) is 7.15. The Labute approximate surface area is 198 Å². The van der Waals surface area contributed by atoms with Crippen LogP contribution < -0.4 is 4.74 Å². The number of Topliss-reactive ketones (excluding diaryl/α,β-unsaturated/α-hetero) is 1. The van der Waals surface area contributed by atoms with Crippen molar-refractivity contribution < 1.29 is 19.4 Å². The minimum atomic E-state index is -0.356. The summed E-state index contributed by atoms with van der Waals surface area (Å²) >= 11 is 0. The zero-order valence-corrected chi connectivity index (χ0v) is 20.0. The zero-order valence-electron chi connectivity index (χ0n) is 20.0. The van der Waals surface area contributed by atoms with E-state index in [0.717, 1.165) is 33.5 Å². The largest absolute Gasteiger partial charge is 0.504 e. The van der Waals surface area contributed by atoms with E-state index in [9.17, 15) is 15.2 Å². The van der Waals surface area contributed by atoms with Gasteiger partial charge in [0.25, 0.3) is 0 Å². The van der Waals surface area contributed by atoms with Crippen LogP contribution >= 0.6 is 0 Å². The number of piperazine rings is 1. The number of benzene rings is 1. The van der Waals surface area contributed by atoms with Crippen molar-refractivity contribution in [2.24, 2.45) is 4.99 Å². The lowest BCUT2D eigenvalue weighted by atomic mass is 9.70. The maximum Gasteiger partial charge on any atom is 0.188 e. The summed E-state index contributed by atoms with van der Waals surface area (Å²) in [5, 5.41) is 21.7. The van der Waals surface area contributed by atoms with E-state index < -0.39 is 0 Å². The van der Waals surface area contributed by atoms with Crippen LogP contribution in [0.25, 0.3) is 0 Å². The summed E-state index contributed by atoms with van der Waals surface area (Å²) in [5.41, 5.74) is 5.83. The number of nitrogens with zero attached hydrogens (tertiary/aromatic N) is 4. The monoisotopic (exact) mass is 460 g/mol. The third-order valence-corrected chi connectivity index (χ3v) is 8.50. The lowest BCUT2D eigenvalue weighted by Crippen LogP contribution is -2.70. The van der Waals surface area contributed by atoms with Crippen LogP contribution in [0.15, 0.2) is 33.5 Å². The van der Waals surface area contributed by atoms with E-state index in [1.807, 2.05) is 14.0 Å². The number of aliphatic imine (C=N–C) groups is 1. The molecule has 176 valence electrons. The number of hydrogen-bond acceptors (Lipinski definition) is 8. The van der Waals surface area contributed by atoms with Gasteiger partial charge in [-0.05, 0) is 44.9 Å². The van der Waals surface area contributed by atoms with E-state index in [4.69, 9.17) is 14.5 Å². The minimum absolute atomic E-state index is 0.00243. The van der Waals surface area contributed by atoms with Gasteiger partial charge >= 0.3 is 0 Å². The van der Waals surface area contributed by atoms with Crippen LogP contribution in [0.5, 0.6) is 11.5 Å². The van der Waals surface area contributed by atoms with Crippen molar-refractivity contribution in [2.45, 2.75) is 56.9 Å². The second kappa shape index (κ2) is 7.17. The van der Waals surface area contributed by atoms with E-state index >= 15 is 0 Å². The number of aryl methyl sites for hydroxylation is 1. The molecule has 6 rings (SSSR count). The molecule has 0 saturated carbocycles. The van der Waals surface area contributed by atoms with Gasteiger partial charge in [0, 0.05) is 34.4 Å². The molecule has 1 aliphatic carbocycles. The molecule has 2 bridgehead atoms. The lowest BCUT2D eigenvalue weighted by Gasteiger charge is -2.59. The van der Waals surface area contributed by atoms with Crippen LogP contribution in [-0.4, -0.2) is 78.4 Å². The molecule has 1 saturated heterocycles. The Balaban J connectivity index is 1.55. The topological polar surface area (TPSA) is 98.4 Å². The number of ether oxygens (including phenoxy) is 2. The van der Waals surface area contributed by atoms with Gasteiger partial charge in [-0.2, -0.15) is 5.26 Å². The zero-order chi connectivity index (χ0) is 24.0. The molecule has 0 radical (unpaired) electrons. The highest BCUT2D eigenvalue weighted by Crippen LogP contribution is 2.54. The number of nitriles is 1. The van der Waals surface area contributed by atoms with Gasteiger partial charge in [-0.25, -0.2) is 0 Å². The van der Waals surface area contributed by atoms with E-state index in [0.29, 0.717) is 36.5 Å². The molecule has 5 aliphatic rings. The van der Waals surface area contributed by atoms with E-state index in [1.165, 1.54) is 0 Å². The van der Waals surface area contributed by atoms with Crippen molar-refractivity contribution in [3.63, 3.8) is 0 Å². The van der Waals surface area contributed by atoms with Crippen LogP contribution in [0.1, 0.15) is 36.1 Å². The van der Waals surface area contributed by atoms with Gasteiger partial charge in [0.15, 0.2) is 23.0 Å². The number of allylic oxidation sites excluding steroid dienone is 2. The summed E-state index contributed by atoms with van der Waals surface area (Å²) in [4.78, 5) is 22.8. The van der Waals surface area contributed by atoms with Gasteiger partial charge in [-0.15, -0.1) is 0 Å². The molecule has 0 spiro atoms. The molecule has 3 unspecified atom stereocenters. The Kier molecular flexibility index (Phi) is 4.51. The summed E-state index contributed by atoms with van der Waals surface area (Å²) in [6.07, 6.45) is 1.16. The number of fused-ring (bicyclic) bond motifs is 7. The molecule has 1 fully saturated rings. The van der Waals surface area contributed by atoms with Crippen molar-refractivity contribution in [1.29, 1.82) is 5.26 Å². The SMILES string of the molecule is COC1=C(C)C(=O)C2=C3C1=NCC3N1[C@@H](C#N)C3Cc4cc(C)c(OC)c(O)c4C([C@@H]1C2)N3C. The van der Waals surface area contributed by atoms with Gasteiger partial charge in [-0.3, -0.25) is 19.6 Å². The van der Waals surface area contributed by atoms with Gasteiger partial charge in [-0.1, -0.05) is 6.07 Å². The Hall–Kier alpha value is -3.15. The standard InChI is InChI=1S/C26H28N4O4/c1-11-6-13-7-15-17(9-27)30-16(22(29(15)3)19(13)24(32)25(11)33-4)8-14-20-18(30)10-28-21(20)26(34-5)12(2)23(14)31/h6,15-18,22,32H,7-8,10H2,1-5H3/t15?,16-,17-,18?,22?/m0/s1. The smallest absolute Gasteiger partial charge is 0.188 e. The molecule has 8 nitrogen and oxygen atoms in total. The quantitative estimate of drug-likeness (QED) is 0.676. The van der Waals surface area contributed by atoms with Crippen LogP contribution in [0.2, 0.25) is 0 Å². The van der Waals surface area contributed by atoms with Crippen molar-refractivity contribution >= 4 is 11.5 Å². The van der Waals surface area contributed by atoms with Gasteiger partial charge in [0.2, 0.25) is 0 Å². The number of ketones is 1. The first-order valence-corrected chi connectivity index (χ1v) is 11.7. The molecule has 1 aromatic rings. The van der Waals surface area contributed by atoms with Crippen molar-refractivity contribution in [2.75, 3.05) is 27.8 Å². The highest BCUT2D eigenvalue weighted by atomic mass is 16.5. The molecular formula is C26H28N4O4. The van der Waals surface area contributed by atoms with Crippen LogP contribution in [0.3, 0.4) is 0 Å². The Bertz CT molecular complexity index is 1290. The first-order valence-electron chi connectivity index (χ1n) is 11.7. The van der Waals surface area contributed by atoms with E-state index in [2.05, 4.69) is 21.9 Å². The summed E-state index contributed by atoms with van der Waals surface area (Å²) < 4.78 is 11.1. The number of carbonyl (C=O) groups excluding carboxylic acids is 1. The number of phenolic OH excluding ortho intramolecular Hbond substituents is 1. The normalized spacial score (nSPS) is 32.1. The van der Waals surface area contributed by atoms with Gasteiger partial charge in [0.05, 0.1) is 38.9 Å². The van der Waals surface area contributed by atoms with Crippen LogP contribution in [0.4, 0.5) is 0 Å². The number of aromatic hydroxyl groups is 1. The predicted octanol–water partition coefficient (Wildman–Crippen LogP) is 2.21. The molecule has 1 aromatic carbocycles. The van der Waals surface area contributed by atoms with Crippen molar-refractivity contribution in [1.82, 2.24) is 9.80 Å². The fourth-order valence-electron chi connectivity index (χ4n) is 7.15. The van der Waals surface area contributed by atoms with Crippen LogP contribution in [-0.2, 0) is 16.0 Å². The number of likely N-dealkylation sites (N-methyl/N-ethyl adjacent to an activating group) is 1. The molecular weight excluding hydrogens is 432 g/mol. The van der Waals surface area contributed by atoms with Crippen molar-refractivity contribution in [3.05, 3.63) is 45.2 Å². The maximum atomic E-state index is 13.5. The molecule has 0 amide bonds. The summed E-state index contributed by atoms with van der Waals surface area (Å²) in [6.45, 7) is 4.22. The summed E-state index contributed by atoms with van der Waals surface area (Å²) in [7, 11) is 5.18. The molecule has 4 aliphatic heterocycles.